The number of halogens is 4. The average molecular weight is 510 g/mol. The molecule has 0 unspecified atom stereocenters. The molecule has 3 amide bonds. The molecule has 0 spiro atoms. The fourth-order valence-corrected chi connectivity index (χ4v) is 4.47. The van der Waals surface area contributed by atoms with Gasteiger partial charge in [-0.05, 0) is 53.6 Å². The summed E-state index contributed by atoms with van der Waals surface area (Å²) in [5.41, 5.74) is -3.32. The van der Waals surface area contributed by atoms with Crippen molar-refractivity contribution < 1.29 is 31.2 Å². The van der Waals surface area contributed by atoms with Crippen molar-refractivity contribution in [3.63, 3.8) is 0 Å². The molecule has 0 aliphatic carbocycles. The molecule has 7 nitrogen and oxygen atoms in total. The molecule has 34 heavy (non-hydrogen) atoms. The number of nitrogens with zero attached hydrogens (tertiary/aromatic N) is 3. The van der Waals surface area contributed by atoms with Crippen molar-refractivity contribution in [1.82, 2.24) is 9.88 Å². The Morgan fingerprint density at radius 3 is 2.38 bits per heavy atom. The van der Waals surface area contributed by atoms with E-state index in [0.717, 1.165) is 22.6 Å². The van der Waals surface area contributed by atoms with Crippen LogP contribution in [0.1, 0.15) is 5.56 Å². The first-order valence-corrected chi connectivity index (χ1v) is 11.6. The van der Waals surface area contributed by atoms with Gasteiger partial charge in [0.05, 0.1) is 10.6 Å². The van der Waals surface area contributed by atoms with E-state index in [4.69, 9.17) is 11.6 Å². The molecule has 1 fully saturated rings. The van der Waals surface area contributed by atoms with Gasteiger partial charge in [-0.3, -0.25) is 9.78 Å². The van der Waals surface area contributed by atoms with Gasteiger partial charge < -0.3 is 4.90 Å². The minimum absolute atomic E-state index is 0.0385. The molecule has 4 rings (SSSR count). The van der Waals surface area contributed by atoms with Gasteiger partial charge in [-0.25, -0.2) is 18.1 Å². The minimum Gasteiger partial charge on any atom is -0.310 e. The molecule has 3 aromatic rings. The number of rotatable bonds is 5. The normalized spacial score (nSPS) is 14.7. The summed E-state index contributed by atoms with van der Waals surface area (Å²) >= 11 is 6.07. The molecule has 12 heteroatoms. The number of urea groups is 1. The van der Waals surface area contributed by atoms with Crippen LogP contribution < -0.4 is 4.90 Å². The second-order valence-corrected chi connectivity index (χ2v) is 9.73. The molecule has 0 atom stereocenters. The average Bonchev–Trinajstić information content (AvgIpc) is 3.06. The van der Waals surface area contributed by atoms with Crippen LogP contribution in [0.4, 0.5) is 23.7 Å². The van der Waals surface area contributed by atoms with Gasteiger partial charge in [0.15, 0.2) is 0 Å². The zero-order valence-corrected chi connectivity index (χ0v) is 18.7. The molecule has 1 saturated heterocycles. The van der Waals surface area contributed by atoms with Gasteiger partial charge in [0, 0.05) is 29.5 Å². The molecule has 0 bridgehead atoms. The van der Waals surface area contributed by atoms with E-state index in [-0.39, 0.29) is 18.8 Å². The Hall–Kier alpha value is -3.44. The Kier molecular flexibility index (Phi) is 6.09. The Morgan fingerprint density at radius 2 is 1.74 bits per heavy atom. The predicted molar refractivity (Wildman–Crippen MR) is 118 cm³/mol. The van der Waals surface area contributed by atoms with Crippen LogP contribution in [0.5, 0.6) is 0 Å². The maximum absolute atomic E-state index is 13.0. The van der Waals surface area contributed by atoms with Gasteiger partial charge in [0.25, 0.3) is 15.7 Å². The second kappa shape index (κ2) is 8.73. The Morgan fingerprint density at radius 1 is 1.03 bits per heavy atom. The van der Waals surface area contributed by atoms with Crippen LogP contribution in [-0.2, 0) is 21.2 Å². The van der Waals surface area contributed by atoms with Crippen molar-refractivity contribution in [2.45, 2.75) is 16.9 Å². The quantitative estimate of drug-likeness (QED) is 0.467. The van der Waals surface area contributed by atoms with E-state index in [9.17, 15) is 31.2 Å². The van der Waals surface area contributed by atoms with Crippen LogP contribution in [0.15, 0.2) is 71.9 Å². The van der Waals surface area contributed by atoms with Crippen molar-refractivity contribution in [2.24, 2.45) is 0 Å². The first kappa shape index (κ1) is 23.7. The summed E-state index contributed by atoms with van der Waals surface area (Å²) < 4.78 is 61.4. The predicted octanol–water partition coefficient (Wildman–Crippen LogP) is 4.66. The summed E-state index contributed by atoms with van der Waals surface area (Å²) in [6.45, 7) is -0.204. The molecular formula is C22H15ClF3N3O4S. The molecule has 176 valence electrons. The molecule has 0 radical (unpaired) electrons. The minimum atomic E-state index is -5.54. The number of sulfone groups is 1. The first-order valence-electron chi connectivity index (χ1n) is 9.71. The number of alkyl halides is 3. The highest BCUT2D eigenvalue weighted by atomic mass is 35.5. The van der Waals surface area contributed by atoms with E-state index < -0.39 is 32.2 Å². The number of hydrogen-bond donors (Lipinski definition) is 0. The second-order valence-electron chi connectivity index (χ2n) is 7.35. The van der Waals surface area contributed by atoms with E-state index in [2.05, 4.69) is 4.98 Å². The highest BCUT2D eigenvalue weighted by Gasteiger charge is 2.47. The largest absolute Gasteiger partial charge is 0.501 e. The smallest absolute Gasteiger partial charge is 0.310 e. The van der Waals surface area contributed by atoms with Crippen molar-refractivity contribution in [3.05, 3.63) is 77.6 Å². The fraction of sp³-hybridized carbons (Fsp3) is 0.136. The summed E-state index contributed by atoms with van der Waals surface area (Å²) in [5, 5.41) is 0.516. The van der Waals surface area contributed by atoms with Crippen molar-refractivity contribution >= 4 is 39.1 Å². The summed E-state index contributed by atoms with van der Waals surface area (Å²) in [6, 6.07) is 11.5. The zero-order valence-electron chi connectivity index (χ0n) is 17.2. The zero-order chi connectivity index (χ0) is 24.7. The Balaban J connectivity index is 1.58. The molecule has 2 heterocycles. The number of pyridine rings is 1. The molecule has 0 N–H and O–H groups in total. The Bertz CT molecular complexity index is 1380. The van der Waals surface area contributed by atoms with Crippen LogP contribution in [-0.4, -0.2) is 42.3 Å². The SMILES string of the molecule is O=C1CN(Cc2ccncc2-c2cccc(Cl)c2)C(=O)N1c1ccc(S(=O)(=O)C(F)(F)F)cc1. The molecule has 2 aromatic carbocycles. The standard InChI is InChI=1S/C22H15ClF3N3O4S/c23-16-3-1-2-14(10-16)19-11-27-9-8-15(19)12-28-13-20(30)29(21(28)31)17-4-6-18(7-5-17)34(32,33)22(24,25)26/h1-11H,12-13H2. The van der Waals surface area contributed by atoms with Crippen molar-refractivity contribution in [1.29, 1.82) is 0 Å². The third-order valence-electron chi connectivity index (χ3n) is 5.16. The number of anilines is 1. The molecule has 1 aliphatic heterocycles. The number of amides is 3. The Labute approximate surface area is 197 Å². The molecular weight excluding hydrogens is 495 g/mol. The molecule has 1 aliphatic rings. The molecule has 1 aromatic heterocycles. The molecule has 0 saturated carbocycles. The fourth-order valence-electron chi connectivity index (χ4n) is 3.52. The lowest BCUT2D eigenvalue weighted by Crippen LogP contribution is -2.33. The van der Waals surface area contributed by atoms with Gasteiger partial charge in [0.2, 0.25) is 0 Å². The van der Waals surface area contributed by atoms with Gasteiger partial charge in [-0.15, -0.1) is 0 Å². The maximum atomic E-state index is 13.0. The topological polar surface area (TPSA) is 87.7 Å². The van der Waals surface area contributed by atoms with Crippen LogP contribution in [0.2, 0.25) is 5.02 Å². The van der Waals surface area contributed by atoms with E-state index >= 15 is 0 Å². The van der Waals surface area contributed by atoms with E-state index in [0.29, 0.717) is 28.3 Å². The third-order valence-corrected chi connectivity index (χ3v) is 6.89. The highest BCUT2D eigenvalue weighted by molar-refractivity contribution is 7.92. The lowest BCUT2D eigenvalue weighted by molar-refractivity contribution is -0.116. The number of imide groups is 1. The third kappa shape index (κ3) is 4.36. The summed E-state index contributed by atoms with van der Waals surface area (Å²) in [6.07, 6.45) is 3.16. The van der Waals surface area contributed by atoms with Crippen LogP contribution in [0.25, 0.3) is 11.1 Å². The van der Waals surface area contributed by atoms with Gasteiger partial charge in [-0.2, -0.15) is 13.2 Å². The van der Waals surface area contributed by atoms with Gasteiger partial charge in [0.1, 0.15) is 6.54 Å². The first-order chi connectivity index (χ1) is 16.0. The van der Waals surface area contributed by atoms with Crippen molar-refractivity contribution in [3.8, 4) is 11.1 Å². The van der Waals surface area contributed by atoms with Crippen molar-refractivity contribution in [2.75, 3.05) is 11.4 Å². The summed E-state index contributed by atoms with van der Waals surface area (Å²) in [5.74, 6) is -0.602. The number of carbonyl (C=O) groups excluding carboxylic acids is 2. The number of carbonyl (C=O) groups is 2. The van der Waals surface area contributed by atoms with Crippen LogP contribution in [0, 0.1) is 0 Å². The van der Waals surface area contributed by atoms with Crippen LogP contribution in [0.3, 0.4) is 0 Å². The lowest BCUT2D eigenvalue weighted by Gasteiger charge is -2.19. The van der Waals surface area contributed by atoms with E-state index in [1.165, 1.54) is 4.90 Å². The van der Waals surface area contributed by atoms with E-state index in [1.54, 1.807) is 36.7 Å². The lowest BCUT2D eigenvalue weighted by atomic mass is 10.0. The highest BCUT2D eigenvalue weighted by Crippen LogP contribution is 2.32. The van der Waals surface area contributed by atoms with E-state index in [1.807, 2.05) is 6.07 Å². The number of hydrogen-bond acceptors (Lipinski definition) is 5. The number of benzene rings is 2. The summed E-state index contributed by atoms with van der Waals surface area (Å²) in [7, 11) is -5.54. The maximum Gasteiger partial charge on any atom is 0.501 e. The monoisotopic (exact) mass is 509 g/mol. The number of aromatic nitrogens is 1. The summed E-state index contributed by atoms with van der Waals surface area (Å²) in [4.78, 5) is 30.7. The van der Waals surface area contributed by atoms with Crippen LogP contribution >= 0.6 is 11.6 Å². The van der Waals surface area contributed by atoms with Gasteiger partial charge in [-0.1, -0.05) is 23.7 Å². The van der Waals surface area contributed by atoms with Gasteiger partial charge >= 0.3 is 11.5 Å².